The number of nitrogens with zero attached hydrogens (tertiary/aromatic N) is 2. The Labute approximate surface area is 188 Å². The monoisotopic (exact) mass is 434 g/mol. The number of hydrogen-bond donors (Lipinski definition) is 0. The van der Waals surface area contributed by atoms with Gasteiger partial charge in [-0.05, 0) is 62.6 Å². The van der Waals surface area contributed by atoms with Crippen LogP contribution in [-0.4, -0.2) is 41.9 Å². The smallest absolute Gasteiger partial charge is 0.410 e. The molecule has 0 saturated carbocycles. The molecule has 1 amide bonds. The van der Waals surface area contributed by atoms with Gasteiger partial charge in [0.05, 0.1) is 26.3 Å². The number of fused-ring (bicyclic) bond motifs is 3. The summed E-state index contributed by atoms with van der Waals surface area (Å²) in [4.78, 5) is 14.6. The first-order chi connectivity index (χ1) is 15.3. The largest absolute Gasteiger partial charge is 0.497 e. The number of benzene rings is 2. The van der Waals surface area contributed by atoms with E-state index in [0.717, 1.165) is 42.0 Å². The van der Waals surface area contributed by atoms with Gasteiger partial charge in [-0.3, -0.25) is 0 Å². The predicted octanol–water partition coefficient (Wildman–Crippen LogP) is 5.17. The van der Waals surface area contributed by atoms with Crippen molar-refractivity contribution >= 4 is 17.0 Å². The van der Waals surface area contributed by atoms with Crippen molar-refractivity contribution in [2.45, 2.75) is 52.3 Å². The van der Waals surface area contributed by atoms with E-state index in [9.17, 15) is 4.79 Å². The summed E-state index contributed by atoms with van der Waals surface area (Å²) in [6.07, 6.45) is 1.64. The molecule has 0 aliphatic carbocycles. The van der Waals surface area contributed by atoms with Crippen LogP contribution in [0.3, 0.4) is 0 Å². The molecule has 0 N–H and O–H groups in total. The molecular formula is C26H30N2O4. The summed E-state index contributed by atoms with van der Waals surface area (Å²) >= 11 is 0. The summed E-state index contributed by atoms with van der Waals surface area (Å²) in [7, 11) is 3.35. The molecule has 3 heterocycles. The minimum atomic E-state index is -0.498. The van der Waals surface area contributed by atoms with Gasteiger partial charge < -0.3 is 23.7 Å². The van der Waals surface area contributed by atoms with E-state index < -0.39 is 5.60 Å². The zero-order valence-corrected chi connectivity index (χ0v) is 19.4. The number of carbonyl (C=O) groups is 1. The first-order valence-electron chi connectivity index (χ1n) is 11.2. The molecule has 2 aliphatic heterocycles. The molecule has 6 nitrogen and oxygen atoms in total. The first-order valence-corrected chi connectivity index (χ1v) is 11.2. The second-order valence-electron chi connectivity index (χ2n) is 9.58. The molecule has 3 aromatic rings. The number of amides is 1. The maximum absolute atomic E-state index is 12.7. The highest BCUT2D eigenvalue weighted by molar-refractivity contribution is 5.94. The average molecular weight is 435 g/mol. The Bertz CT molecular complexity index is 1220. The van der Waals surface area contributed by atoms with Gasteiger partial charge >= 0.3 is 6.09 Å². The summed E-state index contributed by atoms with van der Waals surface area (Å²) in [5.74, 6) is 1.56. The second kappa shape index (κ2) is 7.47. The summed E-state index contributed by atoms with van der Waals surface area (Å²) < 4.78 is 19.1. The quantitative estimate of drug-likeness (QED) is 0.570. The van der Waals surface area contributed by atoms with Gasteiger partial charge in [0, 0.05) is 47.8 Å². The molecule has 5 rings (SSSR count). The molecule has 0 saturated heterocycles. The molecule has 168 valence electrons. The summed E-state index contributed by atoms with van der Waals surface area (Å²) in [6, 6.07) is 10.5. The Hall–Kier alpha value is -3.15. The minimum absolute atomic E-state index is 0.241. The molecule has 0 fully saturated rings. The van der Waals surface area contributed by atoms with E-state index in [1.807, 2.05) is 37.8 Å². The van der Waals surface area contributed by atoms with Crippen LogP contribution >= 0.6 is 0 Å². The highest BCUT2D eigenvalue weighted by Crippen LogP contribution is 2.42. The number of hydrogen-bond acceptors (Lipinski definition) is 4. The maximum atomic E-state index is 12.7. The van der Waals surface area contributed by atoms with Crippen LogP contribution in [0.1, 0.15) is 37.6 Å². The van der Waals surface area contributed by atoms with Crippen molar-refractivity contribution in [3.05, 3.63) is 47.2 Å². The van der Waals surface area contributed by atoms with Crippen LogP contribution in [0.5, 0.6) is 11.5 Å². The highest BCUT2D eigenvalue weighted by atomic mass is 16.6. The van der Waals surface area contributed by atoms with Gasteiger partial charge in [-0.1, -0.05) is 0 Å². The van der Waals surface area contributed by atoms with Gasteiger partial charge in [0.2, 0.25) is 0 Å². The number of aromatic nitrogens is 1. The fraction of sp³-hybridized carbons (Fsp3) is 0.423. The molecule has 32 heavy (non-hydrogen) atoms. The van der Waals surface area contributed by atoms with Gasteiger partial charge in [-0.2, -0.15) is 0 Å². The summed E-state index contributed by atoms with van der Waals surface area (Å²) in [6.45, 7) is 7.99. The van der Waals surface area contributed by atoms with Crippen LogP contribution in [0, 0.1) is 0 Å². The van der Waals surface area contributed by atoms with E-state index >= 15 is 0 Å². The molecule has 0 bridgehead atoms. The lowest BCUT2D eigenvalue weighted by Crippen LogP contribution is -2.40. The molecule has 0 atom stereocenters. The fourth-order valence-electron chi connectivity index (χ4n) is 5.01. The Morgan fingerprint density at radius 3 is 2.53 bits per heavy atom. The van der Waals surface area contributed by atoms with Gasteiger partial charge in [-0.15, -0.1) is 0 Å². The Morgan fingerprint density at radius 2 is 1.81 bits per heavy atom. The number of ether oxygens (including phenoxy) is 3. The van der Waals surface area contributed by atoms with Crippen molar-refractivity contribution in [2.75, 3.05) is 20.8 Å². The van der Waals surface area contributed by atoms with E-state index in [0.29, 0.717) is 13.1 Å². The number of rotatable bonds is 3. The minimum Gasteiger partial charge on any atom is -0.497 e. The Morgan fingerprint density at radius 1 is 1.00 bits per heavy atom. The topological polar surface area (TPSA) is 52.9 Å². The molecular weight excluding hydrogens is 404 g/mol. The normalized spacial score (nSPS) is 15.1. The predicted molar refractivity (Wildman–Crippen MR) is 125 cm³/mol. The number of aryl methyl sites for hydroxylation is 2. The van der Waals surface area contributed by atoms with Crippen molar-refractivity contribution in [1.82, 2.24) is 9.47 Å². The lowest BCUT2D eigenvalue weighted by molar-refractivity contribution is 0.0223. The summed E-state index contributed by atoms with van der Waals surface area (Å²) in [5, 5.41) is 1.23. The third-order valence-electron chi connectivity index (χ3n) is 6.40. The molecule has 0 unspecified atom stereocenters. The fourth-order valence-corrected chi connectivity index (χ4v) is 5.01. The Kier molecular flexibility index (Phi) is 4.84. The first kappa shape index (κ1) is 20.7. The van der Waals surface area contributed by atoms with Crippen LogP contribution in [0.15, 0.2) is 30.3 Å². The van der Waals surface area contributed by atoms with Gasteiger partial charge in [0.25, 0.3) is 0 Å². The molecule has 0 spiro atoms. The van der Waals surface area contributed by atoms with Crippen molar-refractivity contribution in [3.8, 4) is 22.6 Å². The van der Waals surface area contributed by atoms with E-state index in [4.69, 9.17) is 14.2 Å². The third kappa shape index (κ3) is 3.38. The van der Waals surface area contributed by atoms with E-state index in [-0.39, 0.29) is 6.09 Å². The number of carbonyl (C=O) groups excluding carboxylic acids is 1. The van der Waals surface area contributed by atoms with Crippen molar-refractivity contribution in [1.29, 1.82) is 0 Å². The molecule has 1 aromatic heterocycles. The van der Waals surface area contributed by atoms with Crippen LogP contribution in [0.4, 0.5) is 4.79 Å². The van der Waals surface area contributed by atoms with Gasteiger partial charge in [-0.25, -0.2) is 4.79 Å². The van der Waals surface area contributed by atoms with Gasteiger partial charge in [0.15, 0.2) is 0 Å². The zero-order valence-electron chi connectivity index (χ0n) is 19.4. The van der Waals surface area contributed by atoms with Crippen molar-refractivity contribution in [2.24, 2.45) is 0 Å². The second-order valence-corrected chi connectivity index (χ2v) is 9.58. The molecule has 2 aliphatic rings. The van der Waals surface area contributed by atoms with Crippen LogP contribution in [0.25, 0.3) is 22.0 Å². The third-order valence-corrected chi connectivity index (χ3v) is 6.40. The van der Waals surface area contributed by atoms with Crippen LogP contribution in [-0.2, 0) is 30.7 Å². The van der Waals surface area contributed by atoms with E-state index in [1.165, 1.54) is 27.7 Å². The van der Waals surface area contributed by atoms with Gasteiger partial charge in [0.1, 0.15) is 17.1 Å². The average Bonchev–Trinajstić information content (AvgIpc) is 3.33. The standard InChI is InChI=1S/C26H30N2O4/c1-26(2,3)32-25(29)27-10-9-22-21(15-27)20-13-17(12-16-8-11-28(22)24(16)20)19-7-6-18(30-4)14-23(19)31-5/h6-7,12-14H,8-11,15H2,1-5H3. The SMILES string of the molecule is COc1ccc(-c2cc3c4c(c2)c2c(n4CC3)CCN(C(=O)OC(C)(C)C)C2)c(OC)c1. The Balaban J connectivity index is 1.59. The molecule has 6 heteroatoms. The van der Waals surface area contributed by atoms with Crippen molar-refractivity contribution in [3.63, 3.8) is 0 Å². The maximum Gasteiger partial charge on any atom is 0.410 e. The number of methoxy groups -OCH3 is 2. The van der Waals surface area contributed by atoms with Crippen LogP contribution < -0.4 is 9.47 Å². The van der Waals surface area contributed by atoms with E-state index in [1.54, 1.807) is 14.2 Å². The molecule has 0 radical (unpaired) electrons. The summed E-state index contributed by atoms with van der Waals surface area (Å²) in [5.41, 5.74) is 6.95. The lowest BCUT2D eigenvalue weighted by Gasteiger charge is -2.30. The molecule has 2 aromatic carbocycles. The van der Waals surface area contributed by atoms with Crippen LogP contribution in [0.2, 0.25) is 0 Å². The van der Waals surface area contributed by atoms with E-state index in [2.05, 4.69) is 22.8 Å². The zero-order chi connectivity index (χ0) is 22.6. The lowest BCUT2D eigenvalue weighted by atomic mass is 9.96. The van der Waals surface area contributed by atoms with Crippen molar-refractivity contribution < 1.29 is 19.0 Å². The highest BCUT2D eigenvalue weighted by Gasteiger charge is 2.32.